The minimum Gasteiger partial charge on any atom is -0.496 e. The molecule has 1 fully saturated rings. The van der Waals surface area contributed by atoms with Gasteiger partial charge in [-0.05, 0) is 70.7 Å². The smallest absolute Gasteiger partial charge is 0.410 e. The summed E-state index contributed by atoms with van der Waals surface area (Å²) in [5.41, 5.74) is 3.45. The van der Waals surface area contributed by atoms with Crippen molar-refractivity contribution in [1.29, 1.82) is 0 Å². The second-order valence-corrected chi connectivity index (χ2v) is 10.0. The molecule has 0 saturated carbocycles. The molecule has 1 saturated heterocycles. The lowest BCUT2D eigenvalue weighted by Gasteiger charge is -2.34. The van der Waals surface area contributed by atoms with Crippen LogP contribution in [0.5, 0.6) is 5.75 Å². The molecule has 2 heterocycles. The van der Waals surface area contributed by atoms with Crippen molar-refractivity contribution in [3.8, 4) is 17.0 Å². The summed E-state index contributed by atoms with van der Waals surface area (Å²) in [6.45, 7) is 11.1. The van der Waals surface area contributed by atoms with Gasteiger partial charge in [0.05, 0.1) is 7.11 Å². The van der Waals surface area contributed by atoms with Gasteiger partial charge in [-0.2, -0.15) is 0 Å². The molecule has 1 atom stereocenters. The van der Waals surface area contributed by atoms with E-state index in [1.165, 1.54) is 0 Å². The number of methoxy groups -OCH3 is 1. The Bertz CT molecular complexity index is 1200. The monoisotopic (exact) mass is 462 g/mol. The van der Waals surface area contributed by atoms with E-state index in [9.17, 15) is 4.79 Å². The Kier molecular flexibility index (Phi) is 6.64. The molecular weight excluding hydrogens is 428 g/mol. The number of carbonyl (C=O) groups is 1. The number of carbonyl (C=O) groups excluding carboxylic acids is 1. The number of anilines is 1. The highest BCUT2D eigenvalue weighted by atomic mass is 16.6. The zero-order chi connectivity index (χ0) is 24.5. The Hall–Kier alpha value is -3.35. The second-order valence-electron chi connectivity index (χ2n) is 10.0. The van der Waals surface area contributed by atoms with Gasteiger partial charge in [-0.3, -0.25) is 0 Å². The Balaban J connectivity index is 1.66. The maximum Gasteiger partial charge on any atom is 0.410 e. The van der Waals surface area contributed by atoms with E-state index in [0.29, 0.717) is 13.1 Å². The fourth-order valence-electron chi connectivity index (χ4n) is 4.45. The third-order valence-electron chi connectivity index (χ3n) is 6.04. The molecule has 0 radical (unpaired) electrons. The number of aromatic nitrogens is 2. The van der Waals surface area contributed by atoms with Crippen molar-refractivity contribution >= 4 is 22.7 Å². The lowest BCUT2D eigenvalue weighted by molar-refractivity contribution is 0.0206. The van der Waals surface area contributed by atoms with Crippen LogP contribution in [-0.2, 0) is 4.74 Å². The van der Waals surface area contributed by atoms with Crippen LogP contribution in [0.4, 0.5) is 10.6 Å². The van der Waals surface area contributed by atoms with E-state index >= 15 is 0 Å². The zero-order valence-electron chi connectivity index (χ0n) is 20.9. The molecular formula is C27H34N4O3. The first-order valence-electron chi connectivity index (χ1n) is 11.8. The number of benzene rings is 2. The lowest BCUT2D eigenvalue weighted by Crippen LogP contribution is -2.47. The van der Waals surface area contributed by atoms with Gasteiger partial charge in [0.25, 0.3) is 0 Å². The van der Waals surface area contributed by atoms with Gasteiger partial charge in [-0.15, -0.1) is 10.2 Å². The number of ether oxygens (including phenoxy) is 2. The van der Waals surface area contributed by atoms with Crippen LogP contribution >= 0.6 is 0 Å². The Morgan fingerprint density at radius 3 is 2.68 bits per heavy atom. The average Bonchev–Trinajstić information content (AvgIpc) is 2.79. The number of rotatable bonds is 4. The van der Waals surface area contributed by atoms with Gasteiger partial charge in [-0.25, -0.2) is 4.79 Å². The predicted molar refractivity (Wildman–Crippen MR) is 135 cm³/mol. The largest absolute Gasteiger partial charge is 0.496 e. The minimum atomic E-state index is -0.510. The maximum atomic E-state index is 12.6. The van der Waals surface area contributed by atoms with Crippen molar-refractivity contribution in [2.24, 2.45) is 0 Å². The molecule has 1 aliphatic heterocycles. The van der Waals surface area contributed by atoms with Crippen molar-refractivity contribution in [2.75, 3.05) is 25.5 Å². The lowest BCUT2D eigenvalue weighted by atomic mass is 9.98. The maximum absolute atomic E-state index is 12.6. The molecule has 1 aromatic heterocycles. The number of amides is 1. The topological polar surface area (TPSA) is 76.6 Å². The standard InChI is InChI=1S/C27H34N4O3/c1-17-12-13-20(22(15-17)33-6)24-23-18(2)9-7-11-21(23)25(30-29-24)28-19-10-8-14-31(16-19)26(32)34-27(3,4)5/h7,9,11-13,15,19H,8,10,14,16H2,1-6H3,(H,28,30)/t19-/m1/s1. The number of piperidine rings is 1. The molecule has 7 nitrogen and oxygen atoms in total. The number of hydrogen-bond donors (Lipinski definition) is 1. The average molecular weight is 463 g/mol. The summed E-state index contributed by atoms with van der Waals surface area (Å²) in [5, 5.41) is 14.8. The summed E-state index contributed by atoms with van der Waals surface area (Å²) >= 11 is 0. The van der Waals surface area contributed by atoms with Gasteiger partial charge < -0.3 is 19.7 Å². The molecule has 1 N–H and O–H groups in total. The van der Waals surface area contributed by atoms with Gasteiger partial charge in [0, 0.05) is 35.5 Å². The zero-order valence-corrected chi connectivity index (χ0v) is 20.9. The van der Waals surface area contributed by atoms with E-state index in [2.05, 4.69) is 40.6 Å². The highest BCUT2D eigenvalue weighted by molar-refractivity contribution is 6.03. The molecule has 180 valence electrons. The van der Waals surface area contributed by atoms with Crippen LogP contribution in [-0.4, -0.2) is 53.0 Å². The first-order valence-corrected chi connectivity index (χ1v) is 11.8. The van der Waals surface area contributed by atoms with Gasteiger partial charge in [0.15, 0.2) is 5.82 Å². The van der Waals surface area contributed by atoms with Crippen LogP contribution in [0.15, 0.2) is 36.4 Å². The molecule has 4 rings (SSSR count). The number of fused-ring (bicyclic) bond motifs is 1. The van der Waals surface area contributed by atoms with E-state index < -0.39 is 5.60 Å². The third-order valence-corrected chi connectivity index (χ3v) is 6.04. The number of hydrogen-bond acceptors (Lipinski definition) is 6. The first kappa shape index (κ1) is 23.8. The Labute approximate surface area is 201 Å². The van der Waals surface area contributed by atoms with Crippen LogP contribution < -0.4 is 10.1 Å². The summed E-state index contributed by atoms with van der Waals surface area (Å²) in [5.74, 6) is 1.50. The molecule has 0 aliphatic carbocycles. The number of aryl methyl sites for hydroxylation is 2. The van der Waals surface area contributed by atoms with Crippen molar-refractivity contribution < 1.29 is 14.3 Å². The van der Waals surface area contributed by atoms with Crippen molar-refractivity contribution in [3.63, 3.8) is 0 Å². The molecule has 0 spiro atoms. The molecule has 1 amide bonds. The van der Waals surface area contributed by atoms with Gasteiger partial charge in [-0.1, -0.05) is 24.3 Å². The predicted octanol–water partition coefficient (Wildman–Crippen LogP) is 5.73. The van der Waals surface area contributed by atoms with Crippen molar-refractivity contribution in [3.05, 3.63) is 47.5 Å². The SMILES string of the molecule is COc1cc(C)ccc1-c1nnc(N[C@@H]2CCCN(C(=O)OC(C)(C)C)C2)c2cccc(C)c12. The highest BCUT2D eigenvalue weighted by Gasteiger charge is 2.28. The highest BCUT2D eigenvalue weighted by Crippen LogP contribution is 2.37. The first-order chi connectivity index (χ1) is 16.2. The van der Waals surface area contributed by atoms with Gasteiger partial charge in [0.2, 0.25) is 0 Å². The van der Waals surface area contributed by atoms with E-state index in [-0.39, 0.29) is 12.1 Å². The van der Waals surface area contributed by atoms with Crippen LogP contribution in [0.3, 0.4) is 0 Å². The van der Waals surface area contributed by atoms with Crippen LogP contribution in [0, 0.1) is 13.8 Å². The van der Waals surface area contributed by atoms with Crippen molar-refractivity contribution in [1.82, 2.24) is 15.1 Å². The third kappa shape index (κ3) is 5.08. The summed E-state index contributed by atoms with van der Waals surface area (Å²) in [4.78, 5) is 14.4. The van der Waals surface area contributed by atoms with Gasteiger partial charge in [0.1, 0.15) is 17.0 Å². The van der Waals surface area contributed by atoms with E-state index in [1.807, 2.05) is 45.9 Å². The van der Waals surface area contributed by atoms with Gasteiger partial charge >= 0.3 is 6.09 Å². The fourth-order valence-corrected chi connectivity index (χ4v) is 4.45. The molecule has 2 aromatic carbocycles. The Morgan fingerprint density at radius 1 is 1.15 bits per heavy atom. The Morgan fingerprint density at radius 2 is 1.94 bits per heavy atom. The summed E-state index contributed by atoms with van der Waals surface area (Å²) in [6.07, 6.45) is 1.58. The van der Waals surface area contributed by atoms with E-state index in [0.717, 1.165) is 57.6 Å². The second kappa shape index (κ2) is 9.49. The molecule has 0 unspecified atom stereocenters. The van der Waals surface area contributed by atoms with Crippen LogP contribution in [0.25, 0.3) is 22.0 Å². The number of nitrogens with one attached hydrogen (secondary N) is 1. The molecule has 7 heteroatoms. The molecule has 1 aliphatic rings. The number of likely N-dealkylation sites (tertiary alicyclic amines) is 1. The molecule has 3 aromatic rings. The molecule has 0 bridgehead atoms. The molecule has 34 heavy (non-hydrogen) atoms. The summed E-state index contributed by atoms with van der Waals surface area (Å²) < 4.78 is 11.2. The van der Waals surface area contributed by atoms with Crippen molar-refractivity contribution in [2.45, 2.75) is 59.1 Å². The summed E-state index contributed by atoms with van der Waals surface area (Å²) in [7, 11) is 1.68. The summed E-state index contributed by atoms with van der Waals surface area (Å²) in [6, 6.07) is 12.4. The van der Waals surface area contributed by atoms with E-state index in [1.54, 1.807) is 12.0 Å². The normalized spacial score (nSPS) is 16.4. The fraction of sp³-hybridized carbons (Fsp3) is 0.444. The van der Waals surface area contributed by atoms with E-state index in [4.69, 9.17) is 9.47 Å². The van der Waals surface area contributed by atoms with Crippen LogP contribution in [0.1, 0.15) is 44.7 Å². The minimum absolute atomic E-state index is 0.0686. The van der Waals surface area contributed by atoms with Crippen LogP contribution in [0.2, 0.25) is 0 Å². The number of nitrogens with zero attached hydrogens (tertiary/aromatic N) is 3. The quantitative estimate of drug-likeness (QED) is 0.533.